The molecule has 0 aliphatic rings. The molecule has 0 atom stereocenters. The quantitative estimate of drug-likeness (QED) is 0.869. The van der Waals surface area contributed by atoms with E-state index >= 15 is 0 Å². The van der Waals surface area contributed by atoms with Crippen LogP contribution in [0.4, 0.5) is 10.8 Å². The van der Waals surface area contributed by atoms with Crippen molar-refractivity contribution in [3.05, 3.63) is 41.4 Å². The fourth-order valence-corrected chi connectivity index (χ4v) is 2.76. The van der Waals surface area contributed by atoms with E-state index in [4.69, 9.17) is 4.98 Å². The molecule has 4 heteroatoms. The lowest BCUT2D eigenvalue weighted by molar-refractivity contribution is 0.583. The third-order valence-electron chi connectivity index (χ3n) is 2.85. The second-order valence-corrected chi connectivity index (χ2v) is 5.57. The van der Waals surface area contributed by atoms with E-state index in [2.05, 4.69) is 60.6 Å². The maximum atomic E-state index is 4.71. The van der Waals surface area contributed by atoms with Crippen molar-refractivity contribution < 1.29 is 0 Å². The van der Waals surface area contributed by atoms with Crippen LogP contribution in [0.25, 0.3) is 0 Å². The summed E-state index contributed by atoms with van der Waals surface area (Å²) in [6.07, 6.45) is 0. The summed E-state index contributed by atoms with van der Waals surface area (Å²) in [5, 5.41) is 6.60. The molecule has 0 aliphatic heterocycles. The number of benzene rings is 1. The number of nitrogens with zero attached hydrogens (tertiary/aromatic N) is 2. The largest absolute Gasteiger partial charge is 0.318 e. The van der Waals surface area contributed by atoms with Gasteiger partial charge in [0.1, 0.15) is 0 Å². The molecule has 102 valence electrons. The summed E-state index contributed by atoms with van der Waals surface area (Å²) in [5.41, 5.74) is 2.31. The second kappa shape index (κ2) is 6.68. The molecule has 0 saturated heterocycles. The van der Waals surface area contributed by atoms with Crippen LogP contribution in [-0.4, -0.2) is 17.6 Å². The molecule has 1 heterocycles. The van der Waals surface area contributed by atoms with Crippen molar-refractivity contribution in [1.82, 2.24) is 10.3 Å². The molecule has 19 heavy (non-hydrogen) atoms. The Hall–Kier alpha value is -1.39. The van der Waals surface area contributed by atoms with Crippen LogP contribution in [0, 0.1) is 0 Å². The number of anilines is 2. The zero-order chi connectivity index (χ0) is 13.7. The van der Waals surface area contributed by atoms with E-state index in [1.165, 1.54) is 5.69 Å². The molecule has 0 amide bonds. The topological polar surface area (TPSA) is 28.2 Å². The molecule has 0 radical (unpaired) electrons. The van der Waals surface area contributed by atoms with E-state index in [-0.39, 0.29) is 0 Å². The molecule has 2 rings (SSSR count). The first-order valence-corrected chi connectivity index (χ1v) is 7.59. The van der Waals surface area contributed by atoms with Crippen LogP contribution < -0.4 is 10.2 Å². The molecular formula is C15H21N3S. The smallest absolute Gasteiger partial charge is 0.190 e. The number of rotatable bonds is 6. The third-order valence-corrected chi connectivity index (χ3v) is 3.76. The first-order valence-electron chi connectivity index (χ1n) is 6.71. The molecule has 0 bridgehead atoms. The van der Waals surface area contributed by atoms with Crippen LogP contribution in [0.3, 0.4) is 0 Å². The zero-order valence-electron chi connectivity index (χ0n) is 11.8. The van der Waals surface area contributed by atoms with Gasteiger partial charge in [-0.3, -0.25) is 0 Å². The highest BCUT2D eigenvalue weighted by molar-refractivity contribution is 7.13. The molecule has 1 aromatic heterocycles. The summed E-state index contributed by atoms with van der Waals surface area (Å²) >= 11 is 1.70. The van der Waals surface area contributed by atoms with Gasteiger partial charge in [0.2, 0.25) is 0 Å². The van der Waals surface area contributed by atoms with E-state index in [0.29, 0.717) is 6.04 Å². The van der Waals surface area contributed by atoms with Crippen molar-refractivity contribution >= 4 is 22.2 Å². The molecular weight excluding hydrogens is 254 g/mol. The number of hydrogen-bond donors (Lipinski definition) is 1. The Morgan fingerprint density at radius 1 is 1.26 bits per heavy atom. The van der Waals surface area contributed by atoms with Gasteiger partial charge < -0.3 is 10.2 Å². The Morgan fingerprint density at radius 2 is 2.00 bits per heavy atom. The Balaban J connectivity index is 2.12. The highest BCUT2D eigenvalue weighted by Gasteiger charge is 2.11. The molecule has 0 spiro atoms. The summed E-state index contributed by atoms with van der Waals surface area (Å²) < 4.78 is 0. The SMILES string of the molecule is CCN(c1ccccc1)c1nc(CNC(C)C)cs1. The highest BCUT2D eigenvalue weighted by Crippen LogP contribution is 2.27. The van der Waals surface area contributed by atoms with Gasteiger partial charge in [-0.05, 0) is 19.1 Å². The van der Waals surface area contributed by atoms with E-state index in [1.807, 2.05) is 6.07 Å². The van der Waals surface area contributed by atoms with Crippen molar-refractivity contribution in [3.8, 4) is 0 Å². The van der Waals surface area contributed by atoms with Gasteiger partial charge in [-0.1, -0.05) is 32.0 Å². The monoisotopic (exact) mass is 275 g/mol. The van der Waals surface area contributed by atoms with Gasteiger partial charge >= 0.3 is 0 Å². The Kier molecular flexibility index (Phi) is 4.93. The molecule has 3 nitrogen and oxygen atoms in total. The maximum Gasteiger partial charge on any atom is 0.190 e. The van der Waals surface area contributed by atoms with Gasteiger partial charge in [-0.2, -0.15) is 0 Å². The van der Waals surface area contributed by atoms with E-state index in [1.54, 1.807) is 11.3 Å². The number of aromatic nitrogens is 1. The molecule has 0 unspecified atom stereocenters. The van der Waals surface area contributed by atoms with Crippen LogP contribution in [0.15, 0.2) is 35.7 Å². The van der Waals surface area contributed by atoms with Crippen molar-refractivity contribution in [2.24, 2.45) is 0 Å². The molecule has 0 saturated carbocycles. The number of para-hydroxylation sites is 1. The van der Waals surface area contributed by atoms with Crippen LogP contribution in [0.2, 0.25) is 0 Å². The maximum absolute atomic E-state index is 4.71. The van der Waals surface area contributed by atoms with Crippen molar-refractivity contribution in [2.75, 3.05) is 11.4 Å². The summed E-state index contributed by atoms with van der Waals surface area (Å²) in [7, 11) is 0. The minimum Gasteiger partial charge on any atom is -0.318 e. The number of hydrogen-bond acceptors (Lipinski definition) is 4. The minimum atomic E-state index is 0.488. The van der Waals surface area contributed by atoms with Gasteiger partial charge in [0.05, 0.1) is 5.69 Å². The first kappa shape index (κ1) is 14.0. The Bertz CT molecular complexity index is 493. The van der Waals surface area contributed by atoms with Crippen molar-refractivity contribution in [2.45, 2.75) is 33.4 Å². The standard InChI is InChI=1S/C15H21N3S/c1-4-18(14-8-6-5-7-9-14)15-17-13(11-19-15)10-16-12(2)3/h5-9,11-12,16H,4,10H2,1-3H3. The number of thiazole rings is 1. The first-order chi connectivity index (χ1) is 9.20. The Morgan fingerprint density at radius 3 is 2.63 bits per heavy atom. The summed E-state index contributed by atoms with van der Waals surface area (Å²) in [6.45, 7) is 8.21. The average molecular weight is 275 g/mol. The van der Waals surface area contributed by atoms with Gasteiger partial charge in [-0.15, -0.1) is 11.3 Å². The van der Waals surface area contributed by atoms with E-state index in [0.717, 1.165) is 23.9 Å². The van der Waals surface area contributed by atoms with Gasteiger partial charge in [0.25, 0.3) is 0 Å². The van der Waals surface area contributed by atoms with E-state index < -0.39 is 0 Å². The predicted octanol–water partition coefficient (Wildman–Crippen LogP) is 3.80. The minimum absolute atomic E-state index is 0.488. The zero-order valence-corrected chi connectivity index (χ0v) is 12.6. The lowest BCUT2D eigenvalue weighted by atomic mass is 10.3. The molecule has 0 fully saturated rings. The van der Waals surface area contributed by atoms with Crippen LogP contribution in [0.5, 0.6) is 0 Å². The third kappa shape index (κ3) is 3.78. The molecule has 1 N–H and O–H groups in total. The van der Waals surface area contributed by atoms with Crippen molar-refractivity contribution in [1.29, 1.82) is 0 Å². The average Bonchev–Trinajstić information content (AvgIpc) is 2.87. The van der Waals surface area contributed by atoms with E-state index in [9.17, 15) is 0 Å². The van der Waals surface area contributed by atoms with Crippen molar-refractivity contribution in [3.63, 3.8) is 0 Å². The molecule has 2 aromatic rings. The summed E-state index contributed by atoms with van der Waals surface area (Å²) in [6, 6.07) is 10.9. The van der Waals surface area contributed by atoms with Gasteiger partial charge in [-0.25, -0.2) is 4.98 Å². The predicted molar refractivity (Wildman–Crippen MR) is 83.2 cm³/mol. The van der Waals surface area contributed by atoms with Gasteiger partial charge in [0, 0.05) is 30.2 Å². The van der Waals surface area contributed by atoms with Crippen LogP contribution >= 0.6 is 11.3 Å². The summed E-state index contributed by atoms with van der Waals surface area (Å²) in [4.78, 5) is 6.95. The summed E-state index contributed by atoms with van der Waals surface area (Å²) in [5.74, 6) is 0. The Labute approximate surface area is 119 Å². The molecule has 1 aromatic carbocycles. The normalized spacial score (nSPS) is 10.9. The fraction of sp³-hybridized carbons (Fsp3) is 0.400. The highest BCUT2D eigenvalue weighted by atomic mass is 32.1. The van der Waals surface area contributed by atoms with Crippen LogP contribution in [0.1, 0.15) is 26.5 Å². The lowest BCUT2D eigenvalue weighted by Crippen LogP contribution is -2.22. The fourth-order valence-electron chi connectivity index (χ4n) is 1.85. The van der Waals surface area contributed by atoms with Gasteiger partial charge in [0.15, 0.2) is 5.13 Å². The number of nitrogens with one attached hydrogen (secondary N) is 1. The second-order valence-electron chi connectivity index (χ2n) is 4.74. The molecule has 0 aliphatic carbocycles. The van der Waals surface area contributed by atoms with Crippen LogP contribution in [-0.2, 0) is 6.54 Å². The lowest BCUT2D eigenvalue weighted by Gasteiger charge is -2.19.